The minimum absolute atomic E-state index is 0.0903. The molecule has 3 aromatic rings. The number of hydrazone groups is 1. The van der Waals surface area contributed by atoms with E-state index in [1.54, 1.807) is 54.6 Å². The van der Waals surface area contributed by atoms with Crippen LogP contribution < -0.4 is 14.9 Å². The third-order valence-electron chi connectivity index (χ3n) is 4.45. The normalized spacial score (nSPS) is 10.7. The van der Waals surface area contributed by atoms with Crippen LogP contribution in [0.15, 0.2) is 77.9 Å². The number of unbranched alkanes of at least 4 members (excludes halogenated alkanes) is 1. The summed E-state index contributed by atoms with van der Waals surface area (Å²) in [6, 6.07) is 19.0. The summed E-state index contributed by atoms with van der Waals surface area (Å²) in [5.74, 6) is -0.674. The highest BCUT2D eigenvalue weighted by Gasteiger charge is 2.10. The van der Waals surface area contributed by atoms with E-state index in [0.29, 0.717) is 29.2 Å². The highest BCUT2D eigenvalue weighted by molar-refractivity contribution is 5.95. The van der Waals surface area contributed by atoms with E-state index < -0.39 is 17.7 Å². The summed E-state index contributed by atoms with van der Waals surface area (Å²) >= 11 is 0. The lowest BCUT2D eigenvalue weighted by atomic mass is 10.2. The lowest BCUT2D eigenvalue weighted by Gasteiger charge is -2.07. The molecule has 0 fully saturated rings. The molecule has 0 heterocycles. The smallest absolute Gasteiger partial charge is 0.343 e. The molecule has 0 saturated heterocycles. The molecule has 0 aliphatic rings. The van der Waals surface area contributed by atoms with E-state index in [9.17, 15) is 14.0 Å². The first-order chi connectivity index (χ1) is 15.6. The highest BCUT2D eigenvalue weighted by Crippen LogP contribution is 2.17. The molecule has 0 radical (unpaired) electrons. The molecule has 0 spiro atoms. The summed E-state index contributed by atoms with van der Waals surface area (Å²) in [6.07, 6.45) is 3.43. The van der Waals surface area contributed by atoms with E-state index in [1.165, 1.54) is 24.4 Å². The average Bonchev–Trinajstić information content (AvgIpc) is 2.81. The maximum atomic E-state index is 13.6. The molecule has 0 aliphatic heterocycles. The van der Waals surface area contributed by atoms with Crippen molar-refractivity contribution in [1.29, 1.82) is 0 Å². The van der Waals surface area contributed by atoms with Gasteiger partial charge in [0.2, 0.25) is 0 Å². The highest BCUT2D eigenvalue weighted by atomic mass is 19.1. The standard InChI is InChI=1S/C25H23FN2O4/c1-2-3-16-31-20-14-10-19(11-15-20)25(30)32-21-12-8-18(9-13-21)17-27-28-24(29)22-6-4-5-7-23(22)26/h4-15,17H,2-3,16H2,1H3,(H,28,29)/b27-17+. The first-order valence-electron chi connectivity index (χ1n) is 10.2. The van der Waals surface area contributed by atoms with Gasteiger partial charge in [0.15, 0.2) is 0 Å². The first kappa shape index (κ1) is 22.7. The number of rotatable bonds is 9. The van der Waals surface area contributed by atoms with Crippen molar-refractivity contribution in [1.82, 2.24) is 5.43 Å². The molecule has 1 amide bonds. The number of hydrogen-bond donors (Lipinski definition) is 1. The molecule has 0 aliphatic carbocycles. The predicted molar refractivity (Wildman–Crippen MR) is 120 cm³/mol. The summed E-state index contributed by atoms with van der Waals surface area (Å²) in [7, 11) is 0. The number of carbonyl (C=O) groups is 2. The number of benzene rings is 3. The average molecular weight is 434 g/mol. The summed E-state index contributed by atoms with van der Waals surface area (Å²) < 4.78 is 24.5. The molecule has 0 atom stereocenters. The topological polar surface area (TPSA) is 77.0 Å². The van der Waals surface area contributed by atoms with Gasteiger partial charge in [-0.05, 0) is 72.6 Å². The Balaban J connectivity index is 1.52. The van der Waals surface area contributed by atoms with Crippen molar-refractivity contribution in [2.24, 2.45) is 5.10 Å². The van der Waals surface area contributed by atoms with Gasteiger partial charge in [-0.2, -0.15) is 5.10 Å². The van der Waals surface area contributed by atoms with Crippen molar-refractivity contribution in [2.45, 2.75) is 19.8 Å². The van der Waals surface area contributed by atoms with E-state index in [0.717, 1.165) is 12.8 Å². The van der Waals surface area contributed by atoms with Crippen LogP contribution in [0.2, 0.25) is 0 Å². The van der Waals surface area contributed by atoms with Crippen LogP contribution in [-0.4, -0.2) is 24.7 Å². The van der Waals surface area contributed by atoms with E-state index in [2.05, 4.69) is 17.5 Å². The Hall–Kier alpha value is -4.00. The molecule has 1 N–H and O–H groups in total. The molecule has 7 heteroatoms. The molecule has 0 bridgehead atoms. The minimum atomic E-state index is -0.647. The fourth-order valence-electron chi connectivity index (χ4n) is 2.68. The monoisotopic (exact) mass is 434 g/mol. The van der Waals surface area contributed by atoms with Gasteiger partial charge in [-0.15, -0.1) is 0 Å². The van der Waals surface area contributed by atoms with Crippen LogP contribution in [0.4, 0.5) is 4.39 Å². The number of esters is 1. The lowest BCUT2D eigenvalue weighted by molar-refractivity contribution is 0.0734. The second-order valence-corrected chi connectivity index (χ2v) is 6.86. The number of nitrogens with zero attached hydrogens (tertiary/aromatic N) is 1. The van der Waals surface area contributed by atoms with Gasteiger partial charge in [-0.3, -0.25) is 4.79 Å². The van der Waals surface area contributed by atoms with E-state index >= 15 is 0 Å². The van der Waals surface area contributed by atoms with Crippen molar-refractivity contribution in [3.63, 3.8) is 0 Å². The van der Waals surface area contributed by atoms with Gasteiger partial charge in [0.05, 0.1) is 23.9 Å². The van der Waals surface area contributed by atoms with Crippen LogP contribution in [0.5, 0.6) is 11.5 Å². The van der Waals surface area contributed by atoms with Gasteiger partial charge in [0.25, 0.3) is 5.91 Å². The molecular weight excluding hydrogens is 411 g/mol. The Kier molecular flexibility index (Phi) is 8.09. The van der Waals surface area contributed by atoms with Crippen molar-refractivity contribution in [3.05, 3.63) is 95.3 Å². The summed E-state index contributed by atoms with van der Waals surface area (Å²) in [5.41, 5.74) is 3.25. The number of amides is 1. The molecule has 6 nitrogen and oxygen atoms in total. The van der Waals surface area contributed by atoms with Gasteiger partial charge in [0, 0.05) is 0 Å². The lowest BCUT2D eigenvalue weighted by Crippen LogP contribution is -2.18. The fourth-order valence-corrected chi connectivity index (χ4v) is 2.68. The number of hydrogen-bond acceptors (Lipinski definition) is 5. The Morgan fingerprint density at radius 3 is 2.34 bits per heavy atom. The van der Waals surface area contributed by atoms with Gasteiger partial charge in [-0.25, -0.2) is 14.6 Å². The second-order valence-electron chi connectivity index (χ2n) is 6.86. The van der Waals surface area contributed by atoms with Crippen LogP contribution in [-0.2, 0) is 0 Å². The largest absolute Gasteiger partial charge is 0.494 e. The third-order valence-corrected chi connectivity index (χ3v) is 4.45. The van der Waals surface area contributed by atoms with Gasteiger partial charge < -0.3 is 9.47 Å². The maximum Gasteiger partial charge on any atom is 0.343 e. The quantitative estimate of drug-likeness (QED) is 0.169. The number of halogens is 1. The Labute approximate surface area is 185 Å². The number of ether oxygens (including phenoxy) is 2. The maximum absolute atomic E-state index is 13.6. The van der Waals surface area contributed by atoms with Crippen molar-refractivity contribution in [2.75, 3.05) is 6.61 Å². The van der Waals surface area contributed by atoms with Gasteiger partial charge in [0.1, 0.15) is 17.3 Å². The van der Waals surface area contributed by atoms with Crippen LogP contribution in [0.25, 0.3) is 0 Å². The van der Waals surface area contributed by atoms with Crippen LogP contribution >= 0.6 is 0 Å². The molecular formula is C25H23FN2O4. The number of carbonyl (C=O) groups excluding carboxylic acids is 2. The van der Waals surface area contributed by atoms with Gasteiger partial charge in [-0.1, -0.05) is 25.5 Å². The number of nitrogens with one attached hydrogen (secondary N) is 1. The van der Waals surface area contributed by atoms with Gasteiger partial charge >= 0.3 is 5.97 Å². The molecule has 164 valence electrons. The summed E-state index contributed by atoms with van der Waals surface area (Å²) in [4.78, 5) is 24.2. The zero-order chi connectivity index (χ0) is 22.8. The molecule has 0 saturated carbocycles. The molecule has 3 aromatic carbocycles. The zero-order valence-corrected chi connectivity index (χ0v) is 17.6. The zero-order valence-electron chi connectivity index (χ0n) is 17.6. The molecule has 3 rings (SSSR count). The van der Waals surface area contributed by atoms with Crippen LogP contribution in [0.3, 0.4) is 0 Å². The molecule has 0 unspecified atom stereocenters. The van der Waals surface area contributed by atoms with E-state index in [1.807, 2.05) is 0 Å². The minimum Gasteiger partial charge on any atom is -0.494 e. The summed E-state index contributed by atoms with van der Waals surface area (Å²) in [5, 5.41) is 3.82. The second kappa shape index (κ2) is 11.4. The summed E-state index contributed by atoms with van der Waals surface area (Å²) in [6.45, 7) is 2.73. The van der Waals surface area contributed by atoms with Crippen LogP contribution in [0, 0.1) is 5.82 Å². The Morgan fingerprint density at radius 1 is 0.969 bits per heavy atom. The van der Waals surface area contributed by atoms with Crippen LogP contribution in [0.1, 0.15) is 46.0 Å². The predicted octanol–water partition coefficient (Wildman–Crippen LogP) is 4.99. The Bertz CT molecular complexity index is 1080. The van der Waals surface area contributed by atoms with Crippen molar-refractivity contribution >= 4 is 18.1 Å². The molecule has 0 aromatic heterocycles. The first-order valence-corrected chi connectivity index (χ1v) is 10.2. The van der Waals surface area contributed by atoms with E-state index in [-0.39, 0.29) is 5.56 Å². The Morgan fingerprint density at radius 2 is 1.66 bits per heavy atom. The van der Waals surface area contributed by atoms with Crippen molar-refractivity contribution in [3.8, 4) is 11.5 Å². The van der Waals surface area contributed by atoms with Crippen molar-refractivity contribution < 1.29 is 23.5 Å². The fraction of sp³-hybridized carbons (Fsp3) is 0.160. The third kappa shape index (κ3) is 6.50. The van der Waals surface area contributed by atoms with E-state index in [4.69, 9.17) is 9.47 Å². The SMILES string of the molecule is CCCCOc1ccc(C(=O)Oc2ccc(/C=N/NC(=O)c3ccccc3F)cc2)cc1. The molecule has 32 heavy (non-hydrogen) atoms.